The average molecular weight is 499 g/mol. The van der Waals surface area contributed by atoms with Crippen LogP contribution in [0.15, 0.2) is 48.8 Å². The molecule has 0 saturated carbocycles. The number of hydrogen-bond acceptors (Lipinski definition) is 6. The second kappa shape index (κ2) is 9.67. The van der Waals surface area contributed by atoms with Crippen molar-refractivity contribution in [2.75, 3.05) is 35.3 Å². The molecule has 2 amide bonds. The quantitative estimate of drug-likeness (QED) is 0.438. The van der Waals surface area contributed by atoms with Gasteiger partial charge in [-0.05, 0) is 48.9 Å². The molecule has 5 rings (SSSR count). The van der Waals surface area contributed by atoms with E-state index in [4.69, 9.17) is 9.72 Å². The molecule has 190 valence electrons. The van der Waals surface area contributed by atoms with Crippen LogP contribution in [0.2, 0.25) is 0 Å². The SMILES string of the molecule is CNC(=O)C1Cc2cc(-c3cnc4[nH]cc(-c5ccc(C(=O)N(C)C)cc5)c4n3)cc(OC)c2CN1C. The molecule has 1 unspecified atom stereocenters. The lowest BCUT2D eigenvalue weighted by atomic mass is 9.91. The molecule has 2 N–H and O–H groups in total. The van der Waals surface area contributed by atoms with Gasteiger partial charge in [0.15, 0.2) is 5.65 Å². The van der Waals surface area contributed by atoms with Gasteiger partial charge in [0.2, 0.25) is 5.91 Å². The molecule has 0 saturated heterocycles. The van der Waals surface area contributed by atoms with E-state index < -0.39 is 0 Å². The molecule has 2 aromatic carbocycles. The predicted molar refractivity (Wildman–Crippen MR) is 142 cm³/mol. The third-order valence-corrected chi connectivity index (χ3v) is 6.95. The van der Waals surface area contributed by atoms with Crippen LogP contribution < -0.4 is 10.1 Å². The molecular formula is C28H30N6O3. The van der Waals surface area contributed by atoms with Crippen LogP contribution in [0.4, 0.5) is 0 Å². The summed E-state index contributed by atoms with van der Waals surface area (Å²) in [6.07, 6.45) is 4.21. The number of carbonyl (C=O) groups excluding carboxylic acids is 2. The minimum absolute atomic E-state index is 0.00556. The fourth-order valence-corrected chi connectivity index (χ4v) is 4.88. The summed E-state index contributed by atoms with van der Waals surface area (Å²) in [5, 5.41) is 2.77. The zero-order valence-electron chi connectivity index (χ0n) is 21.6. The fourth-order valence-electron chi connectivity index (χ4n) is 4.88. The van der Waals surface area contributed by atoms with Crippen LogP contribution in [0.25, 0.3) is 33.5 Å². The van der Waals surface area contributed by atoms with Crippen molar-refractivity contribution in [3.05, 3.63) is 65.5 Å². The Morgan fingerprint density at radius 2 is 1.92 bits per heavy atom. The van der Waals surface area contributed by atoms with Gasteiger partial charge < -0.3 is 19.9 Å². The first-order valence-electron chi connectivity index (χ1n) is 12.1. The molecule has 2 aromatic heterocycles. The van der Waals surface area contributed by atoms with Gasteiger partial charge in [-0.2, -0.15) is 0 Å². The highest BCUT2D eigenvalue weighted by molar-refractivity contribution is 5.96. The molecule has 9 nitrogen and oxygen atoms in total. The number of carbonyl (C=O) groups is 2. The number of H-pyrrole nitrogens is 1. The van der Waals surface area contributed by atoms with Gasteiger partial charge >= 0.3 is 0 Å². The van der Waals surface area contributed by atoms with E-state index >= 15 is 0 Å². The molecule has 0 radical (unpaired) electrons. The minimum atomic E-state index is -0.246. The Labute approximate surface area is 215 Å². The molecule has 0 bridgehead atoms. The van der Waals surface area contributed by atoms with Crippen LogP contribution in [-0.4, -0.2) is 77.9 Å². The molecule has 1 aliphatic rings. The molecule has 0 spiro atoms. The number of aromatic nitrogens is 3. The third-order valence-electron chi connectivity index (χ3n) is 6.95. The molecule has 4 aromatic rings. The zero-order valence-corrected chi connectivity index (χ0v) is 21.6. The Hall–Kier alpha value is -4.24. The highest BCUT2D eigenvalue weighted by atomic mass is 16.5. The number of fused-ring (bicyclic) bond motifs is 2. The van der Waals surface area contributed by atoms with Crippen LogP contribution in [0.5, 0.6) is 5.75 Å². The molecule has 3 heterocycles. The van der Waals surface area contributed by atoms with E-state index in [0.717, 1.165) is 39.1 Å². The van der Waals surface area contributed by atoms with E-state index in [1.165, 1.54) is 0 Å². The number of nitrogens with zero attached hydrogens (tertiary/aromatic N) is 4. The summed E-state index contributed by atoms with van der Waals surface area (Å²) in [4.78, 5) is 41.1. The zero-order chi connectivity index (χ0) is 26.3. The van der Waals surface area contributed by atoms with Crippen LogP contribution in [0, 0.1) is 0 Å². The largest absolute Gasteiger partial charge is 0.496 e. The normalized spacial score (nSPS) is 15.3. The summed E-state index contributed by atoms with van der Waals surface area (Å²) in [6.45, 7) is 0.621. The number of likely N-dealkylation sites (N-methyl/N-ethyl adjacent to an activating group) is 2. The van der Waals surface area contributed by atoms with E-state index in [1.807, 2.05) is 48.5 Å². The smallest absolute Gasteiger partial charge is 0.253 e. The third kappa shape index (κ3) is 4.42. The Kier molecular flexibility index (Phi) is 6.39. The molecule has 0 fully saturated rings. The molecule has 37 heavy (non-hydrogen) atoms. The molecule has 1 aliphatic heterocycles. The maximum Gasteiger partial charge on any atom is 0.253 e. The van der Waals surface area contributed by atoms with E-state index in [2.05, 4.69) is 21.4 Å². The highest BCUT2D eigenvalue weighted by Gasteiger charge is 2.31. The minimum Gasteiger partial charge on any atom is -0.496 e. The predicted octanol–water partition coefficient (Wildman–Crippen LogP) is 3.10. The van der Waals surface area contributed by atoms with Crippen LogP contribution in [0.1, 0.15) is 21.5 Å². The van der Waals surface area contributed by atoms with Gasteiger partial charge in [-0.3, -0.25) is 14.5 Å². The molecule has 0 aliphatic carbocycles. The van der Waals surface area contributed by atoms with Crippen molar-refractivity contribution in [3.63, 3.8) is 0 Å². The Bertz CT molecular complexity index is 1490. The number of benzene rings is 2. The average Bonchev–Trinajstić information content (AvgIpc) is 3.34. The van der Waals surface area contributed by atoms with Crippen molar-refractivity contribution in [3.8, 4) is 28.1 Å². The Morgan fingerprint density at radius 1 is 1.16 bits per heavy atom. The van der Waals surface area contributed by atoms with Crippen molar-refractivity contribution >= 4 is 23.0 Å². The van der Waals surface area contributed by atoms with Gasteiger partial charge in [0.1, 0.15) is 11.3 Å². The number of rotatable bonds is 5. The topological polar surface area (TPSA) is 103 Å². The number of hydrogen-bond donors (Lipinski definition) is 2. The summed E-state index contributed by atoms with van der Waals surface area (Å²) in [5.41, 5.74) is 7.63. The number of nitrogens with one attached hydrogen (secondary N) is 2. The van der Waals surface area contributed by atoms with Gasteiger partial charge in [-0.1, -0.05) is 12.1 Å². The van der Waals surface area contributed by atoms with Gasteiger partial charge in [0.05, 0.1) is 25.0 Å². The van der Waals surface area contributed by atoms with E-state index in [0.29, 0.717) is 29.9 Å². The van der Waals surface area contributed by atoms with Crippen LogP contribution in [-0.2, 0) is 17.8 Å². The van der Waals surface area contributed by atoms with Crippen molar-refractivity contribution < 1.29 is 14.3 Å². The van der Waals surface area contributed by atoms with Crippen molar-refractivity contribution in [1.29, 1.82) is 0 Å². The summed E-state index contributed by atoms with van der Waals surface area (Å²) < 4.78 is 5.75. The monoisotopic (exact) mass is 498 g/mol. The van der Waals surface area contributed by atoms with E-state index in [1.54, 1.807) is 39.3 Å². The van der Waals surface area contributed by atoms with Crippen LogP contribution in [0.3, 0.4) is 0 Å². The lowest BCUT2D eigenvalue weighted by Crippen LogP contribution is -2.47. The lowest BCUT2D eigenvalue weighted by Gasteiger charge is -2.33. The van der Waals surface area contributed by atoms with Crippen molar-refractivity contribution in [1.82, 2.24) is 30.1 Å². The van der Waals surface area contributed by atoms with Crippen molar-refractivity contribution in [2.24, 2.45) is 0 Å². The summed E-state index contributed by atoms with van der Waals surface area (Å²) in [7, 11) is 8.75. The Morgan fingerprint density at radius 3 is 2.59 bits per heavy atom. The molecular weight excluding hydrogens is 468 g/mol. The number of methoxy groups -OCH3 is 1. The van der Waals surface area contributed by atoms with Gasteiger partial charge in [-0.25, -0.2) is 9.97 Å². The van der Waals surface area contributed by atoms with E-state index in [9.17, 15) is 9.59 Å². The first-order valence-corrected chi connectivity index (χ1v) is 12.1. The van der Waals surface area contributed by atoms with Gasteiger partial charge in [-0.15, -0.1) is 0 Å². The second-order valence-electron chi connectivity index (χ2n) is 9.50. The summed E-state index contributed by atoms with van der Waals surface area (Å²) in [6, 6.07) is 11.3. The number of amides is 2. The molecule has 9 heteroatoms. The summed E-state index contributed by atoms with van der Waals surface area (Å²) in [5.74, 6) is 0.722. The number of ether oxygens (including phenoxy) is 1. The second-order valence-corrected chi connectivity index (χ2v) is 9.50. The summed E-state index contributed by atoms with van der Waals surface area (Å²) >= 11 is 0. The maximum absolute atomic E-state index is 12.4. The number of aromatic amines is 1. The fraction of sp³-hybridized carbons (Fsp3) is 0.286. The first kappa shape index (κ1) is 24.5. The van der Waals surface area contributed by atoms with Gasteiger partial charge in [0.25, 0.3) is 5.91 Å². The van der Waals surface area contributed by atoms with Crippen molar-refractivity contribution in [2.45, 2.75) is 19.0 Å². The Balaban J connectivity index is 1.54. The van der Waals surface area contributed by atoms with Gasteiger partial charge in [0, 0.05) is 56.1 Å². The highest BCUT2D eigenvalue weighted by Crippen LogP contribution is 2.36. The van der Waals surface area contributed by atoms with Crippen LogP contribution >= 0.6 is 0 Å². The van der Waals surface area contributed by atoms with E-state index in [-0.39, 0.29) is 17.9 Å². The molecule has 1 atom stereocenters. The standard InChI is InChI=1S/C28H30N6O3/c1-29-27(35)23-11-18-10-19(12-24(37-5)21(18)15-34(23)4)22-14-31-26-25(32-22)20(13-30-26)16-6-8-17(9-7-16)28(36)33(2)3/h6-10,12-14,23H,11,15H2,1-5H3,(H,29,35)(H,30,31). The maximum atomic E-state index is 12.4. The first-order chi connectivity index (χ1) is 17.8. The lowest BCUT2D eigenvalue weighted by molar-refractivity contribution is -0.126.